The first-order chi connectivity index (χ1) is 8.85. The summed E-state index contributed by atoms with van der Waals surface area (Å²) in [6.45, 7) is 3.11. The van der Waals surface area contributed by atoms with E-state index in [9.17, 15) is 0 Å². The minimum atomic E-state index is 0.114. The third-order valence-electron chi connectivity index (χ3n) is 2.59. The molecule has 1 N–H and O–H groups in total. The lowest BCUT2D eigenvalue weighted by Gasteiger charge is -2.16. The highest BCUT2D eigenvalue weighted by Crippen LogP contribution is 2.24. The van der Waals surface area contributed by atoms with E-state index in [4.69, 9.17) is 4.74 Å². The fourth-order valence-corrected chi connectivity index (χ4v) is 2.50. The summed E-state index contributed by atoms with van der Waals surface area (Å²) in [5.74, 6) is 0.541. The third-order valence-corrected chi connectivity index (χ3v) is 3.53. The Morgan fingerprint density at radius 1 is 1.33 bits per heavy atom. The Bertz CT molecular complexity index is 456. The van der Waals surface area contributed by atoms with Gasteiger partial charge >= 0.3 is 0 Å². The molecule has 2 heterocycles. The predicted molar refractivity (Wildman–Crippen MR) is 73.0 cm³/mol. The Labute approximate surface area is 111 Å². The van der Waals surface area contributed by atoms with Crippen LogP contribution in [0, 0.1) is 0 Å². The van der Waals surface area contributed by atoms with Gasteiger partial charge in [-0.1, -0.05) is 13.0 Å². The first kappa shape index (κ1) is 13.0. The maximum absolute atomic E-state index is 5.03. The maximum atomic E-state index is 5.03. The lowest BCUT2D eigenvalue weighted by molar-refractivity contribution is 0.390. The van der Waals surface area contributed by atoms with Crippen molar-refractivity contribution >= 4 is 11.3 Å². The predicted octanol–water partition coefficient (Wildman–Crippen LogP) is 2.64. The minimum Gasteiger partial charge on any atom is -0.480 e. The smallest absolute Gasteiger partial charge is 0.233 e. The molecular formula is C13H17N3OS. The summed E-state index contributed by atoms with van der Waals surface area (Å²) in [7, 11) is 1.59. The lowest BCUT2D eigenvalue weighted by Crippen LogP contribution is -2.23. The molecule has 2 rings (SSSR count). The first-order valence-corrected chi connectivity index (χ1v) is 6.87. The fourth-order valence-electron chi connectivity index (χ4n) is 1.69. The molecule has 4 nitrogen and oxygen atoms in total. The van der Waals surface area contributed by atoms with E-state index in [1.165, 1.54) is 4.88 Å². The summed E-state index contributed by atoms with van der Waals surface area (Å²) in [6, 6.07) is 8.08. The second kappa shape index (κ2) is 6.47. The van der Waals surface area contributed by atoms with Crippen LogP contribution < -0.4 is 10.1 Å². The van der Waals surface area contributed by atoms with E-state index in [0.717, 1.165) is 18.7 Å². The van der Waals surface area contributed by atoms with Gasteiger partial charge in [0, 0.05) is 10.9 Å². The Hall–Kier alpha value is -1.46. The number of aromatic nitrogens is 2. The summed E-state index contributed by atoms with van der Waals surface area (Å²) in [5, 5.41) is 13.8. The van der Waals surface area contributed by atoms with Crippen molar-refractivity contribution < 1.29 is 4.74 Å². The molecule has 0 saturated carbocycles. The van der Waals surface area contributed by atoms with Gasteiger partial charge in [-0.25, -0.2) is 0 Å². The number of thiophene rings is 1. The van der Waals surface area contributed by atoms with Crippen LogP contribution in [0.2, 0.25) is 0 Å². The SMILES string of the molecule is CCCNC(c1ccc(OC)nn1)c1cccs1. The molecule has 0 saturated heterocycles. The summed E-state index contributed by atoms with van der Waals surface area (Å²) >= 11 is 1.72. The Morgan fingerprint density at radius 3 is 2.78 bits per heavy atom. The van der Waals surface area contributed by atoms with Crippen LogP contribution in [0.15, 0.2) is 29.6 Å². The largest absolute Gasteiger partial charge is 0.480 e. The number of methoxy groups -OCH3 is 1. The highest BCUT2D eigenvalue weighted by atomic mass is 32.1. The number of hydrogen-bond donors (Lipinski definition) is 1. The minimum absolute atomic E-state index is 0.114. The highest BCUT2D eigenvalue weighted by Gasteiger charge is 2.16. The van der Waals surface area contributed by atoms with Gasteiger partial charge in [0.2, 0.25) is 5.88 Å². The summed E-state index contributed by atoms with van der Waals surface area (Å²) in [6.07, 6.45) is 1.09. The first-order valence-electron chi connectivity index (χ1n) is 5.99. The van der Waals surface area contributed by atoms with Gasteiger partial charge in [-0.15, -0.1) is 21.5 Å². The molecule has 0 aliphatic carbocycles. The molecule has 1 atom stereocenters. The van der Waals surface area contributed by atoms with Crippen molar-refractivity contribution in [1.82, 2.24) is 15.5 Å². The zero-order chi connectivity index (χ0) is 12.8. The van der Waals surface area contributed by atoms with Crippen LogP contribution in [0.4, 0.5) is 0 Å². The van der Waals surface area contributed by atoms with Crippen molar-refractivity contribution in [3.63, 3.8) is 0 Å². The summed E-state index contributed by atoms with van der Waals surface area (Å²) in [4.78, 5) is 1.25. The Kier molecular flexibility index (Phi) is 4.66. The van der Waals surface area contributed by atoms with Gasteiger partial charge in [-0.05, 0) is 30.5 Å². The quantitative estimate of drug-likeness (QED) is 0.870. The van der Waals surface area contributed by atoms with Crippen molar-refractivity contribution in [1.29, 1.82) is 0 Å². The number of hydrogen-bond acceptors (Lipinski definition) is 5. The highest BCUT2D eigenvalue weighted by molar-refractivity contribution is 7.10. The van der Waals surface area contributed by atoms with Crippen LogP contribution in [-0.2, 0) is 0 Å². The molecule has 1 unspecified atom stereocenters. The number of nitrogens with zero attached hydrogens (tertiary/aromatic N) is 2. The summed E-state index contributed by atoms with van der Waals surface area (Å²) in [5.41, 5.74) is 0.923. The molecule has 5 heteroatoms. The zero-order valence-corrected chi connectivity index (χ0v) is 11.4. The Balaban J connectivity index is 2.21. The second-order valence-corrected chi connectivity index (χ2v) is 4.88. The van der Waals surface area contributed by atoms with E-state index in [1.54, 1.807) is 18.4 Å². The molecule has 0 aromatic carbocycles. The molecular weight excluding hydrogens is 246 g/mol. The van der Waals surface area contributed by atoms with Crippen LogP contribution in [0.1, 0.15) is 30.0 Å². The topological polar surface area (TPSA) is 47.0 Å². The van der Waals surface area contributed by atoms with Gasteiger partial charge in [0.15, 0.2) is 0 Å². The van der Waals surface area contributed by atoms with E-state index in [0.29, 0.717) is 5.88 Å². The molecule has 0 amide bonds. The van der Waals surface area contributed by atoms with Crippen LogP contribution >= 0.6 is 11.3 Å². The van der Waals surface area contributed by atoms with E-state index in [2.05, 4.69) is 40.0 Å². The van der Waals surface area contributed by atoms with Gasteiger partial charge in [-0.3, -0.25) is 0 Å². The second-order valence-electron chi connectivity index (χ2n) is 3.90. The molecule has 0 radical (unpaired) electrons. The molecule has 2 aromatic heterocycles. The van der Waals surface area contributed by atoms with Crippen molar-refractivity contribution in [3.05, 3.63) is 40.2 Å². The van der Waals surface area contributed by atoms with Crippen molar-refractivity contribution in [2.45, 2.75) is 19.4 Å². The molecule has 2 aromatic rings. The average Bonchev–Trinajstić information content (AvgIpc) is 2.94. The van der Waals surface area contributed by atoms with E-state index < -0.39 is 0 Å². The van der Waals surface area contributed by atoms with Gasteiger partial charge < -0.3 is 10.1 Å². The van der Waals surface area contributed by atoms with Crippen molar-refractivity contribution in [2.75, 3.05) is 13.7 Å². The molecule has 0 fully saturated rings. The maximum Gasteiger partial charge on any atom is 0.233 e. The van der Waals surface area contributed by atoms with E-state index in [1.807, 2.05) is 12.1 Å². The van der Waals surface area contributed by atoms with Crippen molar-refractivity contribution in [3.8, 4) is 5.88 Å². The van der Waals surface area contributed by atoms with Crippen LogP contribution in [0.25, 0.3) is 0 Å². The normalized spacial score (nSPS) is 12.3. The zero-order valence-electron chi connectivity index (χ0n) is 10.6. The number of ether oxygens (including phenoxy) is 1. The van der Waals surface area contributed by atoms with E-state index >= 15 is 0 Å². The Morgan fingerprint density at radius 2 is 2.22 bits per heavy atom. The van der Waals surface area contributed by atoms with Gasteiger partial charge in [0.25, 0.3) is 0 Å². The van der Waals surface area contributed by atoms with Gasteiger partial charge in [0.1, 0.15) is 0 Å². The van der Waals surface area contributed by atoms with Crippen LogP contribution in [0.3, 0.4) is 0 Å². The standard InChI is InChI=1S/C13H17N3OS/c1-3-8-14-13(11-5-4-9-18-11)10-6-7-12(17-2)16-15-10/h4-7,9,13-14H,3,8H2,1-2H3. The van der Waals surface area contributed by atoms with Gasteiger partial charge in [-0.2, -0.15) is 0 Å². The molecule has 0 spiro atoms. The fraction of sp³-hybridized carbons (Fsp3) is 0.385. The van der Waals surface area contributed by atoms with E-state index in [-0.39, 0.29) is 6.04 Å². The third kappa shape index (κ3) is 3.05. The van der Waals surface area contributed by atoms with Crippen LogP contribution in [0.5, 0.6) is 5.88 Å². The monoisotopic (exact) mass is 263 g/mol. The number of rotatable bonds is 6. The molecule has 18 heavy (non-hydrogen) atoms. The number of nitrogens with one attached hydrogen (secondary N) is 1. The molecule has 96 valence electrons. The van der Waals surface area contributed by atoms with Gasteiger partial charge in [0.05, 0.1) is 18.8 Å². The molecule has 0 aliphatic heterocycles. The summed E-state index contributed by atoms with van der Waals surface area (Å²) < 4.78 is 5.03. The molecule has 0 aliphatic rings. The van der Waals surface area contributed by atoms with Crippen molar-refractivity contribution in [2.24, 2.45) is 0 Å². The average molecular weight is 263 g/mol. The molecule has 0 bridgehead atoms. The lowest BCUT2D eigenvalue weighted by atomic mass is 10.1. The van der Waals surface area contributed by atoms with Crippen LogP contribution in [-0.4, -0.2) is 23.9 Å².